The van der Waals surface area contributed by atoms with Crippen molar-refractivity contribution in [2.24, 2.45) is 35.0 Å². The first-order valence-corrected chi connectivity index (χ1v) is 16.1. The van der Waals surface area contributed by atoms with Crippen molar-refractivity contribution >= 4 is 23.1 Å². The fourth-order valence-corrected chi connectivity index (χ4v) is 9.09. The van der Waals surface area contributed by atoms with Gasteiger partial charge in [0.2, 0.25) is 0 Å². The number of carbonyl (C=O) groups excluding carboxylic acids is 4. The number of ketones is 4. The van der Waals surface area contributed by atoms with E-state index in [9.17, 15) is 24.3 Å². The lowest BCUT2D eigenvalue weighted by atomic mass is 9.46. The van der Waals surface area contributed by atoms with E-state index in [0.717, 1.165) is 71.9 Å². The van der Waals surface area contributed by atoms with Crippen LogP contribution in [0.2, 0.25) is 0 Å². The maximum Gasteiger partial charge on any atom is 0.172 e. The average molecular weight is 573 g/mol. The third kappa shape index (κ3) is 5.00. The molecule has 5 heteroatoms. The van der Waals surface area contributed by atoms with E-state index in [1.807, 2.05) is 20.8 Å². The lowest BCUT2D eigenvalue weighted by molar-refractivity contribution is -0.139. The Kier molecular flexibility index (Phi) is 8.39. The highest BCUT2D eigenvalue weighted by atomic mass is 16.3. The van der Waals surface area contributed by atoms with Crippen molar-refractivity contribution in [3.8, 4) is 0 Å². The van der Waals surface area contributed by atoms with Crippen molar-refractivity contribution in [2.45, 2.75) is 112 Å². The average Bonchev–Trinajstić information content (AvgIpc) is 2.92. The largest absolute Gasteiger partial charge is 0.392 e. The molecular weight excluding hydrogens is 524 g/mol. The highest BCUT2D eigenvalue weighted by molar-refractivity contribution is 6.22. The van der Waals surface area contributed by atoms with Gasteiger partial charge in [0.15, 0.2) is 17.3 Å². The van der Waals surface area contributed by atoms with Crippen LogP contribution in [0.3, 0.4) is 0 Å². The van der Waals surface area contributed by atoms with E-state index in [4.69, 9.17) is 0 Å². The molecular formula is C37H48O5. The molecule has 7 unspecified atom stereocenters. The Labute approximate surface area is 251 Å². The first-order valence-electron chi connectivity index (χ1n) is 16.1. The zero-order chi connectivity index (χ0) is 30.7. The van der Waals surface area contributed by atoms with E-state index in [-0.39, 0.29) is 71.5 Å². The summed E-state index contributed by atoms with van der Waals surface area (Å²) in [6, 6.07) is 2.15. The molecule has 0 aromatic heterocycles. The van der Waals surface area contributed by atoms with Gasteiger partial charge in [0.05, 0.1) is 11.7 Å². The monoisotopic (exact) mass is 572 g/mol. The summed E-state index contributed by atoms with van der Waals surface area (Å²) in [6.07, 6.45) is 8.91. The molecule has 0 aliphatic heterocycles. The van der Waals surface area contributed by atoms with Crippen LogP contribution in [0.4, 0.5) is 0 Å². The highest BCUT2D eigenvalue weighted by Gasteiger charge is 2.59. The number of allylic oxidation sites excluding steroid dienone is 4. The maximum absolute atomic E-state index is 14.6. The van der Waals surface area contributed by atoms with E-state index >= 15 is 0 Å². The van der Waals surface area contributed by atoms with Gasteiger partial charge in [-0.1, -0.05) is 51.5 Å². The third-order valence-corrected chi connectivity index (χ3v) is 11.6. The highest BCUT2D eigenvalue weighted by Crippen LogP contribution is 2.59. The number of rotatable bonds is 7. The summed E-state index contributed by atoms with van der Waals surface area (Å²) in [4.78, 5) is 54.2. The lowest BCUT2D eigenvalue weighted by Gasteiger charge is -2.55. The van der Waals surface area contributed by atoms with E-state index in [1.165, 1.54) is 6.92 Å². The number of carbonyl (C=O) groups is 4. The fraction of sp³-hybridized carbons (Fsp3) is 0.622. The number of fused-ring (bicyclic) bond motifs is 3. The Hall–Kier alpha value is -2.66. The van der Waals surface area contributed by atoms with E-state index in [0.29, 0.717) is 5.57 Å². The van der Waals surface area contributed by atoms with E-state index < -0.39 is 11.5 Å². The molecule has 1 fully saturated rings. The Morgan fingerprint density at radius 1 is 1.12 bits per heavy atom. The summed E-state index contributed by atoms with van der Waals surface area (Å²) in [5, 5.41) is 10.8. The summed E-state index contributed by atoms with van der Waals surface area (Å²) >= 11 is 0. The molecule has 42 heavy (non-hydrogen) atoms. The summed E-state index contributed by atoms with van der Waals surface area (Å²) in [6.45, 7) is 13.7. The normalized spacial score (nSPS) is 31.5. The molecule has 0 radical (unpaired) electrons. The van der Waals surface area contributed by atoms with Crippen molar-refractivity contribution in [3.05, 3.63) is 57.2 Å². The molecule has 4 aliphatic rings. The molecule has 1 aromatic carbocycles. The number of aliphatic hydroxyl groups is 1. The van der Waals surface area contributed by atoms with E-state index in [1.54, 1.807) is 0 Å². The van der Waals surface area contributed by atoms with Crippen molar-refractivity contribution in [1.29, 1.82) is 0 Å². The van der Waals surface area contributed by atoms with Gasteiger partial charge in [0.25, 0.3) is 0 Å². The van der Waals surface area contributed by atoms with Crippen LogP contribution in [0.1, 0.15) is 119 Å². The molecule has 1 saturated carbocycles. The molecule has 1 aromatic rings. The molecule has 5 rings (SSSR count). The standard InChI is InChI=1S/C37H48O5/c1-19(2)29-16-25(15-28(39)18-31(40)24-11-9-8-10-12-24)21(4)33-30(29)17-26-14-27-13-20(3)32(23(6)38)36(42)37(27,7)22(5)34(26)35(33)41/h8-9,16,19,22,24,26-27,31,34,40H,10-15,17-18H2,1-7H3. The second kappa shape index (κ2) is 11.4. The second-order valence-corrected chi connectivity index (χ2v) is 14.4. The zero-order valence-electron chi connectivity index (χ0n) is 26.5. The zero-order valence-corrected chi connectivity index (χ0v) is 26.5. The van der Waals surface area contributed by atoms with Gasteiger partial charge in [-0.2, -0.15) is 0 Å². The van der Waals surface area contributed by atoms with Crippen LogP contribution < -0.4 is 0 Å². The van der Waals surface area contributed by atoms with Crippen LogP contribution in [0.5, 0.6) is 0 Å². The van der Waals surface area contributed by atoms with Crippen molar-refractivity contribution in [1.82, 2.24) is 0 Å². The summed E-state index contributed by atoms with van der Waals surface area (Å²) in [7, 11) is 0. The van der Waals surface area contributed by atoms with Gasteiger partial charge in [-0.15, -0.1) is 0 Å². The Bertz CT molecular complexity index is 1390. The Morgan fingerprint density at radius 2 is 1.83 bits per heavy atom. The molecule has 0 bridgehead atoms. The third-order valence-electron chi connectivity index (χ3n) is 11.6. The number of hydrogen-bond donors (Lipinski definition) is 1. The number of benzene rings is 1. The SMILES string of the molecule is CC(=O)C1=C(C)CC2CC3Cc4c(C(C)C)cc(CC(=O)CC(O)C5CC=CCC5)c(C)c4C(=O)C3C(C)C2(C)C1=O. The molecule has 7 atom stereocenters. The minimum atomic E-state index is -0.748. The molecule has 0 spiro atoms. The number of aliphatic hydroxyl groups excluding tert-OH is 1. The minimum Gasteiger partial charge on any atom is -0.392 e. The summed E-state index contributed by atoms with van der Waals surface area (Å²) in [5.74, 6) is -0.0544. The number of hydrogen-bond acceptors (Lipinski definition) is 5. The molecule has 0 saturated heterocycles. The molecule has 0 heterocycles. The van der Waals surface area contributed by atoms with Crippen LogP contribution in [-0.4, -0.2) is 34.3 Å². The van der Waals surface area contributed by atoms with Crippen LogP contribution in [-0.2, 0) is 27.2 Å². The molecule has 5 nitrogen and oxygen atoms in total. The maximum atomic E-state index is 14.6. The minimum absolute atomic E-state index is 0.00375. The number of Topliss-reactive ketones (excluding diaryl/α,β-unsaturated/α-hetero) is 4. The lowest BCUT2D eigenvalue weighted by Crippen LogP contribution is -2.57. The second-order valence-electron chi connectivity index (χ2n) is 14.4. The quantitative estimate of drug-likeness (QED) is 0.285. The molecule has 4 aliphatic carbocycles. The van der Waals surface area contributed by atoms with Gasteiger partial charge in [0.1, 0.15) is 5.78 Å². The van der Waals surface area contributed by atoms with Crippen LogP contribution >= 0.6 is 0 Å². The van der Waals surface area contributed by atoms with Crippen molar-refractivity contribution in [3.63, 3.8) is 0 Å². The first-order chi connectivity index (χ1) is 19.8. The van der Waals surface area contributed by atoms with Crippen LogP contribution in [0.25, 0.3) is 0 Å². The van der Waals surface area contributed by atoms with Crippen molar-refractivity contribution in [2.75, 3.05) is 0 Å². The van der Waals surface area contributed by atoms with Gasteiger partial charge in [-0.3, -0.25) is 19.2 Å². The van der Waals surface area contributed by atoms with Crippen LogP contribution in [0, 0.1) is 41.9 Å². The van der Waals surface area contributed by atoms with Gasteiger partial charge < -0.3 is 5.11 Å². The van der Waals surface area contributed by atoms with Crippen LogP contribution in [0.15, 0.2) is 29.4 Å². The molecule has 226 valence electrons. The van der Waals surface area contributed by atoms with Crippen molar-refractivity contribution < 1.29 is 24.3 Å². The van der Waals surface area contributed by atoms with Gasteiger partial charge in [-0.25, -0.2) is 0 Å². The summed E-state index contributed by atoms with van der Waals surface area (Å²) < 4.78 is 0. The summed E-state index contributed by atoms with van der Waals surface area (Å²) in [5.41, 5.74) is 5.24. The van der Waals surface area contributed by atoms with Gasteiger partial charge >= 0.3 is 0 Å². The predicted molar refractivity (Wildman–Crippen MR) is 164 cm³/mol. The fourth-order valence-electron chi connectivity index (χ4n) is 9.09. The molecule has 1 N–H and O–H groups in total. The first kappa shape index (κ1) is 30.8. The van der Waals surface area contributed by atoms with E-state index in [2.05, 4.69) is 39.0 Å². The smallest absolute Gasteiger partial charge is 0.172 e. The Morgan fingerprint density at radius 3 is 2.45 bits per heavy atom. The predicted octanol–water partition coefficient (Wildman–Crippen LogP) is 6.85. The topological polar surface area (TPSA) is 88.5 Å². The Balaban J connectivity index is 1.48. The van der Waals surface area contributed by atoms with Gasteiger partial charge in [-0.05, 0) is 111 Å². The van der Waals surface area contributed by atoms with Gasteiger partial charge in [0, 0.05) is 29.7 Å². The molecule has 0 amide bonds.